The molecule has 1 atom stereocenters. The molecule has 1 N–H and O–H groups in total. The van der Waals surface area contributed by atoms with Crippen molar-refractivity contribution in [2.45, 2.75) is 13.0 Å². The van der Waals surface area contributed by atoms with E-state index in [-0.39, 0.29) is 17.7 Å². The summed E-state index contributed by atoms with van der Waals surface area (Å²) in [5, 5.41) is 2.74. The minimum absolute atomic E-state index is 0.154. The SMILES string of the molecule is C=CC(=O)NCC1CC(=O)N(Cc2ccccc2)C1. The first kappa shape index (κ1) is 13.3. The van der Waals surface area contributed by atoms with Crippen molar-refractivity contribution in [1.29, 1.82) is 0 Å². The van der Waals surface area contributed by atoms with E-state index in [2.05, 4.69) is 11.9 Å². The van der Waals surface area contributed by atoms with Crippen LogP contribution in [0.2, 0.25) is 0 Å². The Morgan fingerprint density at radius 1 is 1.42 bits per heavy atom. The first-order valence-electron chi connectivity index (χ1n) is 6.41. The molecule has 2 rings (SSSR count). The predicted molar refractivity (Wildman–Crippen MR) is 73.2 cm³/mol. The molecule has 19 heavy (non-hydrogen) atoms. The molecule has 2 amide bonds. The predicted octanol–water partition coefficient (Wildman–Crippen LogP) is 1.34. The molecular weight excluding hydrogens is 240 g/mol. The Bertz CT molecular complexity index is 470. The van der Waals surface area contributed by atoms with E-state index in [0.29, 0.717) is 26.1 Å². The van der Waals surface area contributed by atoms with Crippen LogP contribution in [0.25, 0.3) is 0 Å². The first-order chi connectivity index (χ1) is 9.19. The summed E-state index contributed by atoms with van der Waals surface area (Å²) < 4.78 is 0. The number of hydrogen-bond acceptors (Lipinski definition) is 2. The van der Waals surface area contributed by atoms with Crippen molar-refractivity contribution in [1.82, 2.24) is 10.2 Å². The third-order valence-corrected chi connectivity index (χ3v) is 3.26. The quantitative estimate of drug-likeness (QED) is 0.810. The lowest BCUT2D eigenvalue weighted by Gasteiger charge is -2.16. The molecule has 1 fully saturated rings. The van der Waals surface area contributed by atoms with Crippen molar-refractivity contribution in [3.63, 3.8) is 0 Å². The van der Waals surface area contributed by atoms with Crippen LogP contribution in [-0.4, -0.2) is 29.8 Å². The molecule has 1 heterocycles. The van der Waals surface area contributed by atoms with E-state index in [1.807, 2.05) is 35.2 Å². The van der Waals surface area contributed by atoms with Crippen molar-refractivity contribution in [2.75, 3.05) is 13.1 Å². The minimum atomic E-state index is -0.186. The van der Waals surface area contributed by atoms with Crippen LogP contribution < -0.4 is 5.32 Å². The third kappa shape index (κ3) is 3.68. The average Bonchev–Trinajstić information content (AvgIpc) is 2.78. The van der Waals surface area contributed by atoms with Crippen LogP contribution in [0, 0.1) is 5.92 Å². The van der Waals surface area contributed by atoms with Crippen LogP contribution in [-0.2, 0) is 16.1 Å². The fourth-order valence-corrected chi connectivity index (χ4v) is 2.26. The number of carbonyl (C=O) groups excluding carboxylic acids is 2. The monoisotopic (exact) mass is 258 g/mol. The van der Waals surface area contributed by atoms with E-state index in [9.17, 15) is 9.59 Å². The van der Waals surface area contributed by atoms with E-state index >= 15 is 0 Å². The molecule has 0 spiro atoms. The number of amides is 2. The Hall–Kier alpha value is -2.10. The third-order valence-electron chi connectivity index (χ3n) is 3.26. The Labute approximate surface area is 113 Å². The summed E-state index contributed by atoms with van der Waals surface area (Å²) in [6.07, 6.45) is 1.75. The van der Waals surface area contributed by atoms with Gasteiger partial charge >= 0.3 is 0 Å². The lowest BCUT2D eigenvalue weighted by Crippen LogP contribution is -2.30. The highest BCUT2D eigenvalue weighted by Gasteiger charge is 2.29. The number of nitrogens with one attached hydrogen (secondary N) is 1. The van der Waals surface area contributed by atoms with Gasteiger partial charge in [0.25, 0.3) is 0 Å². The summed E-state index contributed by atoms with van der Waals surface area (Å²) in [7, 11) is 0. The smallest absolute Gasteiger partial charge is 0.243 e. The molecule has 1 aliphatic rings. The van der Waals surface area contributed by atoms with E-state index in [1.54, 1.807) is 0 Å². The highest BCUT2D eigenvalue weighted by molar-refractivity contribution is 5.87. The normalized spacial score (nSPS) is 18.4. The Balaban J connectivity index is 1.86. The Morgan fingerprint density at radius 3 is 2.84 bits per heavy atom. The summed E-state index contributed by atoms with van der Waals surface area (Å²) in [4.78, 5) is 24.8. The molecule has 4 nitrogen and oxygen atoms in total. The summed E-state index contributed by atoms with van der Waals surface area (Å²) in [6, 6.07) is 9.93. The van der Waals surface area contributed by atoms with Crippen LogP contribution >= 0.6 is 0 Å². The first-order valence-corrected chi connectivity index (χ1v) is 6.41. The molecule has 1 aliphatic heterocycles. The molecule has 0 aliphatic carbocycles. The lowest BCUT2D eigenvalue weighted by atomic mass is 10.1. The molecule has 1 unspecified atom stereocenters. The van der Waals surface area contributed by atoms with Gasteiger partial charge in [-0.25, -0.2) is 0 Å². The molecule has 0 bridgehead atoms. The maximum absolute atomic E-state index is 11.9. The molecule has 1 saturated heterocycles. The van der Waals surface area contributed by atoms with Gasteiger partial charge in [0, 0.05) is 32.0 Å². The highest BCUT2D eigenvalue weighted by Crippen LogP contribution is 2.19. The molecule has 0 radical (unpaired) electrons. The fraction of sp³-hybridized carbons (Fsp3) is 0.333. The molecule has 1 aromatic carbocycles. The topological polar surface area (TPSA) is 49.4 Å². The molecular formula is C15H18N2O2. The van der Waals surface area contributed by atoms with Gasteiger partial charge in [-0.1, -0.05) is 36.9 Å². The highest BCUT2D eigenvalue weighted by atomic mass is 16.2. The standard InChI is InChI=1S/C15H18N2O2/c1-2-14(18)16-9-13-8-15(19)17(11-13)10-12-6-4-3-5-7-12/h2-7,13H,1,8-11H2,(H,16,18). The van der Waals surface area contributed by atoms with Gasteiger partial charge in [0.1, 0.15) is 0 Å². The van der Waals surface area contributed by atoms with Gasteiger partial charge < -0.3 is 10.2 Å². The average molecular weight is 258 g/mol. The van der Waals surface area contributed by atoms with Gasteiger partial charge in [0.2, 0.25) is 11.8 Å². The van der Waals surface area contributed by atoms with Crippen LogP contribution in [0.15, 0.2) is 43.0 Å². The Kier molecular flexibility index (Phi) is 4.34. The van der Waals surface area contributed by atoms with E-state index in [0.717, 1.165) is 5.56 Å². The number of carbonyl (C=O) groups is 2. The molecule has 0 aromatic heterocycles. The summed E-state index contributed by atoms with van der Waals surface area (Å²) in [5.41, 5.74) is 1.13. The van der Waals surface area contributed by atoms with Crippen molar-refractivity contribution < 1.29 is 9.59 Å². The van der Waals surface area contributed by atoms with E-state index in [1.165, 1.54) is 6.08 Å². The maximum atomic E-state index is 11.9. The summed E-state index contributed by atoms with van der Waals surface area (Å²) >= 11 is 0. The molecule has 1 aromatic rings. The Morgan fingerprint density at radius 2 is 2.16 bits per heavy atom. The number of hydrogen-bond donors (Lipinski definition) is 1. The zero-order chi connectivity index (χ0) is 13.7. The van der Waals surface area contributed by atoms with Crippen LogP contribution in [0.3, 0.4) is 0 Å². The summed E-state index contributed by atoms with van der Waals surface area (Å²) in [6.45, 7) is 5.28. The number of nitrogens with zero attached hydrogens (tertiary/aromatic N) is 1. The van der Waals surface area contributed by atoms with Gasteiger partial charge in [-0.05, 0) is 11.6 Å². The molecule has 100 valence electrons. The van der Waals surface area contributed by atoms with E-state index < -0.39 is 0 Å². The van der Waals surface area contributed by atoms with Crippen LogP contribution in [0.4, 0.5) is 0 Å². The van der Waals surface area contributed by atoms with Gasteiger partial charge in [-0.15, -0.1) is 0 Å². The second kappa shape index (κ2) is 6.18. The second-order valence-corrected chi connectivity index (χ2v) is 4.78. The number of rotatable bonds is 5. The molecule has 4 heteroatoms. The van der Waals surface area contributed by atoms with Gasteiger partial charge in [0.05, 0.1) is 0 Å². The van der Waals surface area contributed by atoms with E-state index in [4.69, 9.17) is 0 Å². The van der Waals surface area contributed by atoms with Gasteiger partial charge in [-0.3, -0.25) is 9.59 Å². The van der Waals surface area contributed by atoms with Crippen molar-refractivity contribution >= 4 is 11.8 Å². The van der Waals surface area contributed by atoms with Crippen molar-refractivity contribution in [2.24, 2.45) is 5.92 Å². The minimum Gasteiger partial charge on any atom is -0.352 e. The van der Waals surface area contributed by atoms with Crippen LogP contribution in [0.1, 0.15) is 12.0 Å². The second-order valence-electron chi connectivity index (χ2n) is 4.78. The zero-order valence-corrected chi connectivity index (χ0v) is 10.8. The number of likely N-dealkylation sites (tertiary alicyclic amines) is 1. The number of benzene rings is 1. The molecule has 0 saturated carbocycles. The van der Waals surface area contributed by atoms with Gasteiger partial charge in [-0.2, -0.15) is 0 Å². The zero-order valence-electron chi connectivity index (χ0n) is 10.8. The van der Waals surface area contributed by atoms with Gasteiger partial charge in [0.15, 0.2) is 0 Å². The maximum Gasteiger partial charge on any atom is 0.243 e. The fourth-order valence-electron chi connectivity index (χ4n) is 2.26. The lowest BCUT2D eigenvalue weighted by molar-refractivity contribution is -0.128. The summed E-state index contributed by atoms with van der Waals surface area (Å²) in [5.74, 6) is 0.163. The largest absolute Gasteiger partial charge is 0.352 e. The van der Waals surface area contributed by atoms with Crippen LogP contribution in [0.5, 0.6) is 0 Å². The van der Waals surface area contributed by atoms with Crippen molar-refractivity contribution in [3.05, 3.63) is 48.6 Å². The van der Waals surface area contributed by atoms with Crippen molar-refractivity contribution in [3.8, 4) is 0 Å².